The van der Waals surface area contributed by atoms with Crippen LogP contribution < -0.4 is 10.4 Å². The quantitative estimate of drug-likeness (QED) is 0.362. The van der Waals surface area contributed by atoms with E-state index in [0.717, 1.165) is 28.1 Å². The second-order valence-corrected chi connectivity index (χ2v) is 6.89. The zero-order chi connectivity index (χ0) is 21.8. The van der Waals surface area contributed by atoms with E-state index >= 15 is 0 Å². The van der Waals surface area contributed by atoms with Gasteiger partial charge in [0.15, 0.2) is 5.82 Å². The molecule has 9 heteroatoms. The first-order chi connectivity index (χ1) is 15.1. The number of aromatic nitrogens is 4. The fraction of sp³-hybridized carbons (Fsp3) is 0.136. The maximum Gasteiger partial charge on any atom is 0.274 e. The van der Waals surface area contributed by atoms with Crippen LogP contribution in [0.25, 0.3) is 11.1 Å². The number of carbonyl (C=O) groups is 1. The predicted molar refractivity (Wildman–Crippen MR) is 113 cm³/mol. The van der Waals surface area contributed by atoms with Crippen molar-refractivity contribution in [1.82, 2.24) is 25.6 Å². The monoisotopic (exact) mass is 416 g/mol. The minimum Gasteiger partial charge on any atom is -0.361 e. The van der Waals surface area contributed by atoms with Crippen molar-refractivity contribution in [3.05, 3.63) is 83.8 Å². The lowest BCUT2D eigenvalue weighted by Crippen LogP contribution is -2.20. The van der Waals surface area contributed by atoms with Crippen molar-refractivity contribution < 1.29 is 14.5 Å². The Bertz CT molecular complexity index is 1170. The van der Waals surface area contributed by atoms with E-state index in [-0.39, 0.29) is 0 Å². The number of carbonyl (C=O) groups excluding carboxylic acids is 1. The van der Waals surface area contributed by atoms with E-state index in [1.165, 1.54) is 0 Å². The van der Waals surface area contributed by atoms with Gasteiger partial charge in [-0.1, -0.05) is 17.3 Å². The molecule has 2 N–H and O–H groups in total. The van der Waals surface area contributed by atoms with E-state index < -0.39 is 5.91 Å². The van der Waals surface area contributed by atoms with Crippen LogP contribution in [0.1, 0.15) is 27.4 Å². The molecule has 0 bridgehead atoms. The summed E-state index contributed by atoms with van der Waals surface area (Å²) in [5.74, 6) is 1.47. The lowest BCUT2D eigenvalue weighted by Gasteiger charge is -2.23. The summed E-state index contributed by atoms with van der Waals surface area (Å²) in [6.45, 7) is 4.22. The standard InChI is InChI=1S/C22H20N6O3/c1-14-21(15(2)31-27-14)18-7-8-24-19(11-18)28(20-12-23-9-10-25-20)13-16-3-5-17(6-4-16)22(29)26-30/h3-12,30H,13H2,1-2H3,(H,26,29). The lowest BCUT2D eigenvalue weighted by molar-refractivity contribution is 0.0706. The highest BCUT2D eigenvalue weighted by Gasteiger charge is 2.17. The van der Waals surface area contributed by atoms with Crippen LogP contribution in [-0.4, -0.2) is 31.2 Å². The molecule has 1 aromatic carbocycles. The first kappa shape index (κ1) is 20.2. The van der Waals surface area contributed by atoms with Crippen LogP contribution >= 0.6 is 0 Å². The number of hydrogen-bond donors (Lipinski definition) is 2. The number of nitrogens with one attached hydrogen (secondary N) is 1. The van der Waals surface area contributed by atoms with Crippen molar-refractivity contribution in [2.24, 2.45) is 0 Å². The van der Waals surface area contributed by atoms with Crippen molar-refractivity contribution in [3.8, 4) is 11.1 Å². The smallest absolute Gasteiger partial charge is 0.274 e. The Hall–Kier alpha value is -4.11. The second kappa shape index (κ2) is 8.72. The zero-order valence-electron chi connectivity index (χ0n) is 17.0. The van der Waals surface area contributed by atoms with Crippen molar-refractivity contribution in [2.45, 2.75) is 20.4 Å². The number of nitrogens with zero attached hydrogens (tertiary/aromatic N) is 5. The van der Waals surface area contributed by atoms with Crippen LogP contribution in [0.3, 0.4) is 0 Å². The van der Waals surface area contributed by atoms with Crippen molar-refractivity contribution in [1.29, 1.82) is 0 Å². The minimum absolute atomic E-state index is 0.357. The molecule has 0 atom stereocenters. The first-order valence-corrected chi connectivity index (χ1v) is 9.53. The molecule has 4 aromatic rings. The molecule has 0 fully saturated rings. The molecule has 3 heterocycles. The molecule has 0 aliphatic carbocycles. The Kier molecular flexibility index (Phi) is 5.67. The van der Waals surface area contributed by atoms with E-state index in [4.69, 9.17) is 9.73 Å². The number of pyridine rings is 1. The minimum atomic E-state index is -0.564. The second-order valence-electron chi connectivity index (χ2n) is 6.89. The summed E-state index contributed by atoms with van der Waals surface area (Å²) < 4.78 is 5.31. The molecule has 0 aliphatic heterocycles. The molecular weight excluding hydrogens is 396 g/mol. The Morgan fingerprint density at radius 3 is 2.48 bits per heavy atom. The summed E-state index contributed by atoms with van der Waals surface area (Å²) in [6.07, 6.45) is 6.62. The van der Waals surface area contributed by atoms with Crippen LogP contribution in [0.15, 0.2) is 65.7 Å². The summed E-state index contributed by atoms with van der Waals surface area (Å²) in [6, 6.07) is 10.8. The van der Waals surface area contributed by atoms with Gasteiger partial charge in [-0.05, 0) is 49.2 Å². The van der Waals surface area contributed by atoms with Gasteiger partial charge in [-0.2, -0.15) is 0 Å². The van der Waals surface area contributed by atoms with Gasteiger partial charge in [-0.25, -0.2) is 15.4 Å². The van der Waals surface area contributed by atoms with E-state index in [1.54, 1.807) is 42.4 Å². The zero-order valence-corrected chi connectivity index (χ0v) is 17.0. The van der Waals surface area contributed by atoms with Crippen LogP contribution in [0, 0.1) is 13.8 Å². The highest BCUT2D eigenvalue weighted by Crippen LogP contribution is 2.31. The molecule has 156 valence electrons. The Morgan fingerprint density at radius 1 is 1.06 bits per heavy atom. The van der Waals surface area contributed by atoms with E-state index in [1.807, 2.05) is 43.0 Å². The summed E-state index contributed by atoms with van der Waals surface area (Å²) in [7, 11) is 0. The third kappa shape index (κ3) is 4.26. The summed E-state index contributed by atoms with van der Waals surface area (Å²) in [5, 5.41) is 12.8. The SMILES string of the molecule is Cc1noc(C)c1-c1ccnc(N(Cc2ccc(C(=O)NO)cc2)c2cnccn2)c1. The number of aryl methyl sites for hydroxylation is 2. The van der Waals surface area contributed by atoms with E-state index in [0.29, 0.717) is 23.7 Å². The normalized spacial score (nSPS) is 10.7. The van der Waals surface area contributed by atoms with Gasteiger partial charge < -0.3 is 9.42 Å². The van der Waals surface area contributed by atoms with Gasteiger partial charge in [-0.15, -0.1) is 0 Å². The number of benzene rings is 1. The van der Waals surface area contributed by atoms with Gasteiger partial charge in [-0.3, -0.25) is 15.0 Å². The van der Waals surface area contributed by atoms with E-state index in [9.17, 15) is 4.79 Å². The molecule has 4 rings (SSSR count). The Labute approximate surface area is 178 Å². The van der Waals surface area contributed by atoms with Crippen molar-refractivity contribution in [3.63, 3.8) is 0 Å². The summed E-state index contributed by atoms with van der Waals surface area (Å²) in [5.41, 5.74) is 5.58. The number of anilines is 2. The number of rotatable bonds is 6. The van der Waals surface area contributed by atoms with Gasteiger partial charge in [0.1, 0.15) is 11.6 Å². The van der Waals surface area contributed by atoms with Crippen LogP contribution in [0.4, 0.5) is 11.6 Å². The van der Waals surface area contributed by atoms with Crippen molar-refractivity contribution >= 4 is 17.5 Å². The molecule has 9 nitrogen and oxygen atoms in total. The van der Waals surface area contributed by atoms with Crippen LogP contribution in [-0.2, 0) is 6.54 Å². The van der Waals surface area contributed by atoms with Gasteiger partial charge in [0, 0.05) is 29.7 Å². The lowest BCUT2D eigenvalue weighted by atomic mass is 10.1. The molecule has 1 amide bonds. The Balaban J connectivity index is 1.71. The van der Waals surface area contributed by atoms with E-state index in [2.05, 4.69) is 20.1 Å². The molecule has 0 saturated heterocycles. The first-order valence-electron chi connectivity index (χ1n) is 9.53. The third-order valence-corrected chi connectivity index (χ3v) is 4.83. The van der Waals surface area contributed by atoms with Crippen LogP contribution in [0.2, 0.25) is 0 Å². The predicted octanol–water partition coefficient (Wildman–Crippen LogP) is 3.60. The molecule has 3 aromatic heterocycles. The van der Waals surface area contributed by atoms with Crippen molar-refractivity contribution in [2.75, 3.05) is 4.90 Å². The van der Waals surface area contributed by atoms with Crippen LogP contribution in [0.5, 0.6) is 0 Å². The fourth-order valence-corrected chi connectivity index (χ4v) is 3.34. The number of hydroxylamine groups is 1. The fourth-order valence-electron chi connectivity index (χ4n) is 3.34. The Morgan fingerprint density at radius 2 is 1.84 bits per heavy atom. The van der Waals surface area contributed by atoms with Gasteiger partial charge in [0.05, 0.1) is 18.4 Å². The summed E-state index contributed by atoms with van der Waals surface area (Å²) in [4.78, 5) is 26.7. The topological polar surface area (TPSA) is 117 Å². The highest BCUT2D eigenvalue weighted by atomic mass is 16.5. The number of hydrogen-bond acceptors (Lipinski definition) is 8. The molecule has 0 saturated carbocycles. The molecule has 0 unspecified atom stereocenters. The maximum absolute atomic E-state index is 11.6. The summed E-state index contributed by atoms with van der Waals surface area (Å²) >= 11 is 0. The molecule has 0 radical (unpaired) electrons. The average Bonchev–Trinajstić information content (AvgIpc) is 3.15. The third-order valence-electron chi connectivity index (χ3n) is 4.83. The van der Waals surface area contributed by atoms with Gasteiger partial charge in [0.25, 0.3) is 5.91 Å². The molecule has 31 heavy (non-hydrogen) atoms. The molecule has 0 aliphatic rings. The highest BCUT2D eigenvalue weighted by molar-refractivity contribution is 5.93. The maximum atomic E-state index is 11.6. The average molecular weight is 416 g/mol. The largest absolute Gasteiger partial charge is 0.361 e. The number of amides is 1. The van der Waals surface area contributed by atoms with Gasteiger partial charge >= 0.3 is 0 Å². The molecule has 0 spiro atoms. The molecular formula is C22H20N6O3. The van der Waals surface area contributed by atoms with Gasteiger partial charge in [0.2, 0.25) is 0 Å².